The quantitative estimate of drug-likeness (QED) is 0.0314. The van der Waals surface area contributed by atoms with E-state index in [1.807, 2.05) is 6.08 Å². The molecule has 3 saturated heterocycles. The molecule has 19 nitrogen and oxygen atoms in total. The van der Waals surface area contributed by atoms with Crippen LogP contribution in [0.25, 0.3) is 0 Å². The van der Waals surface area contributed by atoms with Crippen LogP contribution in [0.4, 0.5) is 0 Å². The summed E-state index contributed by atoms with van der Waals surface area (Å²) in [4.78, 5) is 13.2. The highest BCUT2D eigenvalue weighted by Crippen LogP contribution is 2.33. The molecule has 17 atom stereocenters. The smallest absolute Gasteiger partial charge is 0.220 e. The molecule has 3 rings (SSSR count). The van der Waals surface area contributed by atoms with E-state index < -0.39 is 124 Å². The number of carbonyl (C=O) groups excluding carboxylic acids is 1. The average Bonchev–Trinajstić information content (AvgIpc) is 3.36. The van der Waals surface area contributed by atoms with Gasteiger partial charge >= 0.3 is 0 Å². The van der Waals surface area contributed by atoms with Gasteiger partial charge in [0.1, 0.15) is 73.2 Å². The first kappa shape index (κ1) is 63.3. The van der Waals surface area contributed by atoms with Gasteiger partial charge in [-0.1, -0.05) is 127 Å². The molecule has 0 aromatic rings. The molecule has 0 aliphatic carbocycles. The van der Waals surface area contributed by atoms with Crippen LogP contribution >= 0.6 is 0 Å². The van der Waals surface area contributed by atoms with Crippen LogP contribution in [-0.4, -0.2) is 193 Å². The fourth-order valence-electron chi connectivity index (χ4n) is 8.90. The van der Waals surface area contributed by atoms with Crippen molar-refractivity contribution in [3.05, 3.63) is 36.5 Å². The summed E-state index contributed by atoms with van der Waals surface area (Å²) in [5.41, 5.74) is 0. The molecule has 0 aromatic heterocycles. The number of allylic oxidation sites excluding steroid dienone is 5. The second-order valence-corrected chi connectivity index (χ2v) is 19.3. The summed E-state index contributed by atoms with van der Waals surface area (Å²) in [6.45, 7) is 1.60. The van der Waals surface area contributed by atoms with E-state index in [1.165, 1.54) is 64.2 Å². The lowest BCUT2D eigenvalue weighted by atomic mass is 9.96. The molecule has 0 aromatic carbocycles. The third kappa shape index (κ3) is 22.4. The number of ether oxygens (including phenoxy) is 6. The summed E-state index contributed by atoms with van der Waals surface area (Å²) in [7, 11) is 0. The van der Waals surface area contributed by atoms with Crippen LogP contribution in [0.15, 0.2) is 36.5 Å². The van der Waals surface area contributed by atoms with Gasteiger partial charge in [-0.3, -0.25) is 4.79 Å². The number of hydrogen-bond donors (Lipinski definition) is 12. The van der Waals surface area contributed by atoms with Crippen LogP contribution in [0.3, 0.4) is 0 Å². The highest BCUT2D eigenvalue weighted by Gasteiger charge is 2.53. The van der Waals surface area contributed by atoms with E-state index in [-0.39, 0.29) is 18.9 Å². The molecule has 19 heteroatoms. The van der Waals surface area contributed by atoms with Gasteiger partial charge in [0.25, 0.3) is 0 Å². The number of rotatable bonds is 37. The molecule has 12 N–H and O–H groups in total. The molecule has 0 spiro atoms. The van der Waals surface area contributed by atoms with Crippen molar-refractivity contribution in [2.75, 3.05) is 26.4 Å². The molecular formula is C52H93NO18. The zero-order valence-electron chi connectivity index (χ0n) is 42.4. The Labute approximate surface area is 421 Å². The molecule has 3 fully saturated rings. The number of nitrogens with one attached hydrogen (secondary N) is 1. The molecule has 3 heterocycles. The monoisotopic (exact) mass is 1020 g/mol. The Hall–Kier alpha value is -1.99. The maximum Gasteiger partial charge on any atom is 0.220 e. The lowest BCUT2D eigenvalue weighted by Gasteiger charge is -2.48. The standard InChI is InChI=1S/C52H93NO18/c1-3-5-7-9-11-13-14-15-16-17-18-19-20-22-24-26-28-30-40(58)53-35(36(57)29-27-25-23-21-12-10-8-6-4-2)34-66-50-46(64)43(61)48(38(32-55)68-50)71-52-47(65)44(62)49(39(33-56)69-52)70-51-45(63)42(60)41(59)37(31-54)67-51/h12,15-16,21,27,29,35-39,41-52,54-57,59-65H,3-11,13-14,17-20,22-26,28,30-34H2,1-2H3,(H,53,58)/b16-15-,21-12+,29-27+. The lowest BCUT2D eigenvalue weighted by molar-refractivity contribution is -0.379. The number of aliphatic hydroxyl groups excluding tert-OH is 11. The summed E-state index contributed by atoms with van der Waals surface area (Å²) < 4.78 is 34.1. The second kappa shape index (κ2) is 36.9. The second-order valence-electron chi connectivity index (χ2n) is 19.3. The van der Waals surface area contributed by atoms with Crippen molar-refractivity contribution in [3.63, 3.8) is 0 Å². The SMILES string of the molecule is CCCCC/C=C/CC/C=C/C(O)C(COC1OC(CO)C(OC2OC(CO)C(OC3OC(CO)C(O)C(O)C3O)C(O)C2O)C(O)C1O)NC(=O)CCCCCCCCC/C=C\CCCCCCCC. The van der Waals surface area contributed by atoms with Gasteiger partial charge < -0.3 is 89.9 Å². The van der Waals surface area contributed by atoms with Gasteiger partial charge in [-0.05, 0) is 57.8 Å². The zero-order chi connectivity index (χ0) is 52.0. The van der Waals surface area contributed by atoms with Crippen LogP contribution in [-0.2, 0) is 33.2 Å². The molecule has 71 heavy (non-hydrogen) atoms. The lowest BCUT2D eigenvalue weighted by Crippen LogP contribution is -2.66. The normalized spacial score (nSPS) is 32.5. The number of carbonyl (C=O) groups is 1. The minimum atomic E-state index is -1.98. The minimum absolute atomic E-state index is 0.230. The third-order valence-electron chi connectivity index (χ3n) is 13.4. The Morgan fingerprint density at radius 1 is 0.493 bits per heavy atom. The van der Waals surface area contributed by atoms with E-state index in [2.05, 4.69) is 43.5 Å². The molecule has 17 unspecified atom stereocenters. The Morgan fingerprint density at radius 2 is 0.901 bits per heavy atom. The Bertz CT molecular complexity index is 1450. The molecule has 0 radical (unpaired) electrons. The van der Waals surface area contributed by atoms with Gasteiger partial charge in [0.15, 0.2) is 18.9 Å². The zero-order valence-corrected chi connectivity index (χ0v) is 42.4. The average molecular weight is 1020 g/mol. The highest BCUT2D eigenvalue weighted by atomic mass is 16.8. The summed E-state index contributed by atoms with van der Waals surface area (Å²) in [5, 5.41) is 119. The Balaban J connectivity index is 1.53. The first-order valence-corrected chi connectivity index (χ1v) is 26.7. The molecule has 3 aliphatic rings. The molecule has 0 saturated carbocycles. The number of amides is 1. The maximum atomic E-state index is 13.2. The molecule has 414 valence electrons. The van der Waals surface area contributed by atoms with Crippen molar-refractivity contribution >= 4 is 5.91 Å². The van der Waals surface area contributed by atoms with Crippen LogP contribution in [0.1, 0.15) is 155 Å². The van der Waals surface area contributed by atoms with Gasteiger partial charge in [-0.15, -0.1) is 0 Å². The van der Waals surface area contributed by atoms with Crippen LogP contribution in [0.5, 0.6) is 0 Å². The highest BCUT2D eigenvalue weighted by molar-refractivity contribution is 5.76. The van der Waals surface area contributed by atoms with Crippen molar-refractivity contribution < 1.29 is 89.4 Å². The predicted molar refractivity (Wildman–Crippen MR) is 263 cm³/mol. The predicted octanol–water partition coefficient (Wildman–Crippen LogP) is 2.59. The summed E-state index contributed by atoms with van der Waals surface area (Å²) in [5.74, 6) is -0.295. The van der Waals surface area contributed by atoms with Gasteiger partial charge in [0, 0.05) is 6.42 Å². The van der Waals surface area contributed by atoms with Crippen LogP contribution in [0, 0.1) is 0 Å². The van der Waals surface area contributed by atoms with Crippen molar-refractivity contribution in [2.24, 2.45) is 0 Å². The first-order valence-electron chi connectivity index (χ1n) is 26.7. The Morgan fingerprint density at radius 3 is 1.44 bits per heavy atom. The molecule has 3 aliphatic heterocycles. The third-order valence-corrected chi connectivity index (χ3v) is 13.4. The van der Waals surface area contributed by atoms with E-state index in [9.17, 15) is 61.0 Å². The van der Waals surface area contributed by atoms with Gasteiger partial charge in [-0.25, -0.2) is 0 Å². The topological polar surface area (TPSA) is 307 Å². The minimum Gasteiger partial charge on any atom is -0.394 e. The number of unbranched alkanes of at least 4 members (excludes halogenated alkanes) is 17. The van der Waals surface area contributed by atoms with Gasteiger partial charge in [-0.2, -0.15) is 0 Å². The molecular weight excluding hydrogens is 927 g/mol. The van der Waals surface area contributed by atoms with Crippen LogP contribution in [0.2, 0.25) is 0 Å². The summed E-state index contributed by atoms with van der Waals surface area (Å²) in [6, 6.07) is -0.987. The number of aliphatic hydroxyl groups is 11. The van der Waals surface area contributed by atoms with E-state index in [0.717, 1.165) is 57.8 Å². The van der Waals surface area contributed by atoms with Gasteiger partial charge in [0.05, 0.1) is 38.6 Å². The van der Waals surface area contributed by atoms with Crippen molar-refractivity contribution in [1.29, 1.82) is 0 Å². The van der Waals surface area contributed by atoms with E-state index >= 15 is 0 Å². The van der Waals surface area contributed by atoms with Crippen LogP contribution < -0.4 is 5.32 Å². The Kier molecular flexibility index (Phi) is 32.9. The first-order chi connectivity index (χ1) is 34.3. The van der Waals surface area contributed by atoms with E-state index in [4.69, 9.17) is 28.4 Å². The molecule has 1 amide bonds. The summed E-state index contributed by atoms with van der Waals surface area (Å²) >= 11 is 0. The number of hydrogen-bond acceptors (Lipinski definition) is 18. The molecule has 0 bridgehead atoms. The van der Waals surface area contributed by atoms with E-state index in [1.54, 1.807) is 6.08 Å². The summed E-state index contributed by atoms with van der Waals surface area (Å²) in [6.07, 6.45) is 8.78. The largest absolute Gasteiger partial charge is 0.394 e. The fraction of sp³-hybridized carbons (Fsp3) is 0.865. The van der Waals surface area contributed by atoms with Crippen molar-refractivity contribution in [1.82, 2.24) is 5.32 Å². The van der Waals surface area contributed by atoms with E-state index in [0.29, 0.717) is 12.8 Å². The van der Waals surface area contributed by atoms with Crippen molar-refractivity contribution in [2.45, 2.75) is 259 Å². The maximum absolute atomic E-state index is 13.2. The fourth-order valence-corrected chi connectivity index (χ4v) is 8.90. The van der Waals surface area contributed by atoms with Gasteiger partial charge in [0.2, 0.25) is 5.91 Å². The van der Waals surface area contributed by atoms with Crippen molar-refractivity contribution in [3.8, 4) is 0 Å².